The molecule has 1 unspecified atom stereocenters. The van der Waals surface area contributed by atoms with E-state index in [1.165, 1.54) is 11.1 Å². The van der Waals surface area contributed by atoms with Gasteiger partial charge in [0.05, 0.1) is 17.8 Å². The summed E-state index contributed by atoms with van der Waals surface area (Å²) in [5, 5.41) is 0. The van der Waals surface area contributed by atoms with Gasteiger partial charge in [-0.2, -0.15) is 13.2 Å². The zero-order valence-corrected chi connectivity index (χ0v) is 8.84. The average Bonchev–Trinajstić information content (AvgIpc) is 2.65. The molecule has 0 aliphatic carbocycles. The quantitative estimate of drug-likeness (QED) is 0.776. The molecule has 1 fully saturated rings. The molecule has 17 heavy (non-hydrogen) atoms. The van der Waals surface area contributed by atoms with E-state index in [1.807, 2.05) is 0 Å². The summed E-state index contributed by atoms with van der Waals surface area (Å²) in [6.45, 7) is -0.102. The molecular formula is C10H11F4N3. The Morgan fingerprint density at radius 3 is 2.65 bits per heavy atom. The minimum absolute atomic E-state index is 0.0327. The van der Waals surface area contributed by atoms with Crippen LogP contribution in [0.1, 0.15) is 6.42 Å². The van der Waals surface area contributed by atoms with Crippen LogP contribution in [0.3, 0.4) is 0 Å². The highest BCUT2D eigenvalue weighted by Gasteiger charge is 2.44. The lowest BCUT2D eigenvalue weighted by molar-refractivity contribution is -0.168. The summed E-state index contributed by atoms with van der Waals surface area (Å²) in [6.07, 6.45) is -3.03. The van der Waals surface area contributed by atoms with Crippen LogP contribution in [-0.2, 0) is 0 Å². The second-order valence-electron chi connectivity index (χ2n) is 4.05. The standard InChI is InChI=1S/C10H11F4N3/c11-8-3-7(15)4-16-9(8)17-2-1-6(5-17)10(12,13)14/h3-4,6H,1-2,5,15H2. The molecular weight excluding hydrogens is 238 g/mol. The SMILES string of the molecule is Nc1cnc(N2CCC(C(F)(F)F)C2)c(F)c1. The van der Waals surface area contributed by atoms with Gasteiger partial charge in [-0.25, -0.2) is 9.37 Å². The number of hydrogen-bond acceptors (Lipinski definition) is 3. The third-order valence-electron chi connectivity index (χ3n) is 2.79. The van der Waals surface area contributed by atoms with Crippen LogP contribution in [0, 0.1) is 11.7 Å². The van der Waals surface area contributed by atoms with E-state index in [0.717, 1.165) is 6.07 Å². The second-order valence-corrected chi connectivity index (χ2v) is 4.05. The lowest BCUT2D eigenvalue weighted by Gasteiger charge is -2.19. The number of aromatic nitrogens is 1. The number of nitrogens with zero attached hydrogens (tertiary/aromatic N) is 2. The van der Waals surface area contributed by atoms with Crippen molar-refractivity contribution in [2.45, 2.75) is 12.6 Å². The Bertz CT molecular complexity index is 419. The molecule has 1 aromatic rings. The summed E-state index contributed by atoms with van der Waals surface area (Å²) >= 11 is 0. The minimum Gasteiger partial charge on any atom is -0.397 e. The van der Waals surface area contributed by atoms with E-state index in [2.05, 4.69) is 4.98 Å². The lowest BCUT2D eigenvalue weighted by Crippen LogP contribution is -2.28. The Morgan fingerprint density at radius 2 is 2.12 bits per heavy atom. The largest absolute Gasteiger partial charge is 0.397 e. The maximum absolute atomic E-state index is 13.5. The Balaban J connectivity index is 2.15. The van der Waals surface area contributed by atoms with Crippen molar-refractivity contribution in [3.63, 3.8) is 0 Å². The van der Waals surface area contributed by atoms with Gasteiger partial charge in [0.2, 0.25) is 0 Å². The van der Waals surface area contributed by atoms with Gasteiger partial charge in [-0.3, -0.25) is 0 Å². The first-order chi connectivity index (χ1) is 7.88. The molecule has 0 amide bonds. The van der Waals surface area contributed by atoms with Crippen LogP contribution in [0.25, 0.3) is 0 Å². The molecule has 0 bridgehead atoms. The normalized spacial score (nSPS) is 20.9. The Labute approximate surface area is 95.2 Å². The summed E-state index contributed by atoms with van der Waals surface area (Å²) in [4.78, 5) is 5.03. The zero-order valence-electron chi connectivity index (χ0n) is 8.84. The van der Waals surface area contributed by atoms with Gasteiger partial charge >= 0.3 is 6.18 Å². The monoisotopic (exact) mass is 249 g/mol. The van der Waals surface area contributed by atoms with Crippen molar-refractivity contribution in [2.75, 3.05) is 23.7 Å². The molecule has 7 heteroatoms. The molecule has 94 valence electrons. The number of hydrogen-bond donors (Lipinski definition) is 1. The fraction of sp³-hybridized carbons (Fsp3) is 0.500. The molecule has 1 aliphatic heterocycles. The number of halogens is 4. The van der Waals surface area contributed by atoms with Crippen molar-refractivity contribution < 1.29 is 17.6 Å². The number of rotatable bonds is 1. The van der Waals surface area contributed by atoms with Crippen LogP contribution in [0.2, 0.25) is 0 Å². The van der Waals surface area contributed by atoms with Gasteiger partial charge in [-0.15, -0.1) is 0 Å². The van der Waals surface area contributed by atoms with Crippen molar-refractivity contribution in [3.8, 4) is 0 Å². The van der Waals surface area contributed by atoms with E-state index >= 15 is 0 Å². The number of anilines is 2. The van der Waals surface area contributed by atoms with Crippen LogP contribution < -0.4 is 10.6 Å². The molecule has 0 aromatic carbocycles. The summed E-state index contributed by atoms with van der Waals surface area (Å²) in [5.74, 6) is -2.17. The molecule has 1 aromatic heterocycles. The van der Waals surface area contributed by atoms with Gasteiger partial charge in [0, 0.05) is 19.2 Å². The average molecular weight is 249 g/mol. The smallest absolute Gasteiger partial charge is 0.393 e. The van der Waals surface area contributed by atoms with Crippen LogP contribution in [0.5, 0.6) is 0 Å². The van der Waals surface area contributed by atoms with Crippen molar-refractivity contribution in [1.82, 2.24) is 4.98 Å². The third-order valence-corrected chi connectivity index (χ3v) is 2.79. The highest BCUT2D eigenvalue weighted by molar-refractivity contribution is 5.48. The van der Waals surface area contributed by atoms with Gasteiger partial charge < -0.3 is 10.6 Å². The first kappa shape index (κ1) is 11.9. The molecule has 1 atom stereocenters. The molecule has 3 nitrogen and oxygen atoms in total. The van der Waals surface area contributed by atoms with Crippen LogP contribution in [0.4, 0.5) is 29.1 Å². The lowest BCUT2D eigenvalue weighted by atomic mass is 10.1. The van der Waals surface area contributed by atoms with Gasteiger partial charge in [0.15, 0.2) is 11.6 Å². The Hall–Kier alpha value is -1.53. The fourth-order valence-electron chi connectivity index (χ4n) is 1.90. The van der Waals surface area contributed by atoms with Gasteiger partial charge in [0.25, 0.3) is 0 Å². The predicted octanol–water partition coefficient (Wildman–Crippen LogP) is 2.19. The van der Waals surface area contributed by atoms with Crippen molar-refractivity contribution in [1.29, 1.82) is 0 Å². The molecule has 1 saturated heterocycles. The maximum atomic E-state index is 13.5. The molecule has 0 saturated carbocycles. The topological polar surface area (TPSA) is 42.1 Å². The summed E-state index contributed by atoms with van der Waals surface area (Å²) in [7, 11) is 0. The number of nitrogens with two attached hydrogens (primary N) is 1. The van der Waals surface area contributed by atoms with Crippen LogP contribution in [-0.4, -0.2) is 24.2 Å². The molecule has 0 radical (unpaired) electrons. The first-order valence-corrected chi connectivity index (χ1v) is 5.10. The Kier molecular flexibility index (Phi) is 2.84. The van der Waals surface area contributed by atoms with Crippen molar-refractivity contribution in [2.24, 2.45) is 5.92 Å². The van der Waals surface area contributed by atoms with E-state index in [0.29, 0.717) is 0 Å². The predicted molar refractivity (Wildman–Crippen MR) is 55.0 cm³/mol. The molecule has 2 N–H and O–H groups in total. The van der Waals surface area contributed by atoms with Crippen LogP contribution >= 0.6 is 0 Å². The number of pyridine rings is 1. The van der Waals surface area contributed by atoms with Gasteiger partial charge in [-0.05, 0) is 6.42 Å². The van der Waals surface area contributed by atoms with E-state index in [4.69, 9.17) is 5.73 Å². The van der Waals surface area contributed by atoms with Crippen molar-refractivity contribution in [3.05, 3.63) is 18.1 Å². The van der Waals surface area contributed by atoms with Gasteiger partial charge in [-0.1, -0.05) is 0 Å². The third kappa shape index (κ3) is 2.42. The molecule has 2 rings (SSSR count). The van der Waals surface area contributed by atoms with Crippen molar-refractivity contribution >= 4 is 11.5 Å². The van der Waals surface area contributed by atoms with E-state index in [9.17, 15) is 17.6 Å². The molecule has 1 aliphatic rings. The highest BCUT2D eigenvalue weighted by atomic mass is 19.4. The van der Waals surface area contributed by atoms with E-state index in [1.54, 1.807) is 0 Å². The fourth-order valence-corrected chi connectivity index (χ4v) is 1.90. The van der Waals surface area contributed by atoms with Gasteiger partial charge in [0.1, 0.15) is 0 Å². The van der Waals surface area contributed by atoms with Crippen LogP contribution in [0.15, 0.2) is 12.3 Å². The Morgan fingerprint density at radius 1 is 1.41 bits per heavy atom. The molecule has 2 heterocycles. The second kappa shape index (κ2) is 4.05. The molecule has 0 spiro atoms. The van der Waals surface area contributed by atoms with E-state index < -0.39 is 17.9 Å². The minimum atomic E-state index is -4.24. The maximum Gasteiger partial charge on any atom is 0.393 e. The summed E-state index contributed by atoms with van der Waals surface area (Å²) < 4.78 is 50.8. The van der Waals surface area contributed by atoms with E-state index in [-0.39, 0.29) is 31.0 Å². The highest BCUT2D eigenvalue weighted by Crippen LogP contribution is 2.35. The summed E-state index contributed by atoms with van der Waals surface area (Å²) in [5.41, 5.74) is 5.47. The zero-order chi connectivity index (χ0) is 12.6. The number of nitrogen functional groups attached to an aromatic ring is 1. The number of alkyl halides is 3. The first-order valence-electron chi connectivity index (χ1n) is 5.10. The summed E-state index contributed by atoms with van der Waals surface area (Å²) in [6, 6.07) is 1.06.